The number of ether oxygens (including phenoxy) is 1. The van der Waals surface area contributed by atoms with Gasteiger partial charge >= 0.3 is 0 Å². The second-order valence-electron chi connectivity index (χ2n) is 5.47. The lowest BCUT2D eigenvalue weighted by Gasteiger charge is -2.37. The number of anilines is 1. The van der Waals surface area contributed by atoms with Gasteiger partial charge in [0.15, 0.2) is 0 Å². The maximum Gasteiger partial charge on any atom is 0.142 e. The molecule has 0 bridgehead atoms. The normalized spacial score (nSPS) is 18.1. The molecule has 1 aromatic carbocycles. The van der Waals surface area contributed by atoms with E-state index in [2.05, 4.69) is 28.9 Å². The highest BCUT2D eigenvalue weighted by Crippen LogP contribution is 2.28. The molecule has 0 saturated carbocycles. The number of benzene rings is 1. The fraction of sp³-hybridized carbons (Fsp3) is 0.625. The molecule has 1 fully saturated rings. The Morgan fingerprint density at radius 3 is 2.50 bits per heavy atom. The van der Waals surface area contributed by atoms with Crippen LogP contribution >= 0.6 is 0 Å². The molecule has 0 radical (unpaired) electrons. The van der Waals surface area contributed by atoms with Crippen molar-refractivity contribution in [1.82, 2.24) is 4.90 Å². The second kappa shape index (κ2) is 7.50. The van der Waals surface area contributed by atoms with E-state index in [-0.39, 0.29) is 0 Å². The Labute approximate surface area is 122 Å². The monoisotopic (exact) mass is 277 g/mol. The number of nitrogens with zero attached hydrogens (tertiary/aromatic N) is 2. The van der Waals surface area contributed by atoms with Gasteiger partial charge in [0.1, 0.15) is 5.75 Å². The number of rotatable bonds is 6. The number of piperazine rings is 1. The molecule has 1 saturated heterocycles. The first-order valence-corrected chi connectivity index (χ1v) is 7.58. The van der Waals surface area contributed by atoms with Crippen molar-refractivity contribution in [3.8, 4) is 5.75 Å². The van der Waals surface area contributed by atoms with Crippen LogP contribution < -0.4 is 15.4 Å². The fourth-order valence-electron chi connectivity index (χ4n) is 2.80. The molecule has 1 atom stereocenters. The number of hydrogen-bond donors (Lipinski definition) is 1. The van der Waals surface area contributed by atoms with E-state index in [4.69, 9.17) is 10.5 Å². The molecule has 1 aliphatic rings. The molecule has 20 heavy (non-hydrogen) atoms. The van der Waals surface area contributed by atoms with Gasteiger partial charge in [-0.1, -0.05) is 25.5 Å². The van der Waals surface area contributed by atoms with Crippen LogP contribution in [0.3, 0.4) is 0 Å². The fourth-order valence-corrected chi connectivity index (χ4v) is 2.80. The van der Waals surface area contributed by atoms with E-state index in [9.17, 15) is 0 Å². The molecule has 2 rings (SSSR count). The maximum atomic E-state index is 5.80. The maximum absolute atomic E-state index is 5.80. The molecule has 1 aliphatic heterocycles. The van der Waals surface area contributed by atoms with E-state index in [1.54, 1.807) is 7.11 Å². The molecule has 0 aromatic heterocycles. The summed E-state index contributed by atoms with van der Waals surface area (Å²) in [7, 11) is 1.74. The summed E-state index contributed by atoms with van der Waals surface area (Å²) >= 11 is 0. The lowest BCUT2D eigenvalue weighted by atomic mass is 10.1. The SMILES string of the molecule is CCC(CN)CN1CCN(c2ccccc2OC)CC1. The van der Waals surface area contributed by atoms with Gasteiger partial charge in [0.25, 0.3) is 0 Å². The molecule has 2 N–H and O–H groups in total. The summed E-state index contributed by atoms with van der Waals surface area (Å²) in [6, 6.07) is 8.27. The number of hydrogen-bond acceptors (Lipinski definition) is 4. The highest BCUT2D eigenvalue weighted by atomic mass is 16.5. The summed E-state index contributed by atoms with van der Waals surface area (Å²) in [5.41, 5.74) is 7.01. The van der Waals surface area contributed by atoms with E-state index < -0.39 is 0 Å². The van der Waals surface area contributed by atoms with Crippen molar-refractivity contribution in [3.05, 3.63) is 24.3 Å². The van der Waals surface area contributed by atoms with Gasteiger partial charge in [-0.15, -0.1) is 0 Å². The summed E-state index contributed by atoms with van der Waals surface area (Å²) in [5, 5.41) is 0. The number of para-hydroxylation sites is 2. The highest BCUT2D eigenvalue weighted by molar-refractivity contribution is 5.58. The van der Waals surface area contributed by atoms with Gasteiger partial charge in [-0.25, -0.2) is 0 Å². The lowest BCUT2D eigenvalue weighted by molar-refractivity contribution is 0.217. The first-order chi connectivity index (χ1) is 9.78. The Morgan fingerprint density at radius 2 is 1.90 bits per heavy atom. The third-order valence-corrected chi connectivity index (χ3v) is 4.23. The van der Waals surface area contributed by atoms with Crippen molar-refractivity contribution < 1.29 is 4.74 Å². The van der Waals surface area contributed by atoms with Crippen LogP contribution in [0.15, 0.2) is 24.3 Å². The third kappa shape index (κ3) is 3.64. The van der Waals surface area contributed by atoms with Crippen LogP contribution in [-0.4, -0.2) is 51.3 Å². The molecule has 1 aromatic rings. The summed E-state index contributed by atoms with van der Waals surface area (Å²) in [6.07, 6.45) is 1.17. The average Bonchev–Trinajstić information content (AvgIpc) is 2.53. The van der Waals surface area contributed by atoms with Gasteiger partial charge in [0, 0.05) is 32.7 Å². The van der Waals surface area contributed by atoms with Crippen LogP contribution in [0.2, 0.25) is 0 Å². The quantitative estimate of drug-likeness (QED) is 0.861. The van der Waals surface area contributed by atoms with Crippen LogP contribution in [0.5, 0.6) is 5.75 Å². The predicted octanol–water partition coefficient (Wildman–Crippen LogP) is 1.80. The van der Waals surface area contributed by atoms with E-state index >= 15 is 0 Å². The average molecular weight is 277 g/mol. The minimum absolute atomic E-state index is 0.632. The van der Waals surface area contributed by atoms with Gasteiger partial charge in [-0.05, 0) is 24.6 Å². The van der Waals surface area contributed by atoms with Crippen LogP contribution in [0.4, 0.5) is 5.69 Å². The molecular formula is C16H27N3O. The summed E-state index contributed by atoms with van der Waals surface area (Å²) in [4.78, 5) is 4.95. The molecule has 4 nitrogen and oxygen atoms in total. The van der Waals surface area contributed by atoms with Crippen molar-refractivity contribution in [1.29, 1.82) is 0 Å². The van der Waals surface area contributed by atoms with Crippen LogP contribution in [0.1, 0.15) is 13.3 Å². The molecule has 4 heteroatoms. The minimum Gasteiger partial charge on any atom is -0.495 e. The Bertz CT molecular complexity index is 398. The van der Waals surface area contributed by atoms with Crippen LogP contribution in [0.25, 0.3) is 0 Å². The topological polar surface area (TPSA) is 41.7 Å². The summed E-state index contributed by atoms with van der Waals surface area (Å²) in [5.74, 6) is 1.60. The molecule has 0 aliphatic carbocycles. The first kappa shape index (κ1) is 15.1. The predicted molar refractivity (Wildman–Crippen MR) is 84.5 cm³/mol. The smallest absolute Gasteiger partial charge is 0.142 e. The Hall–Kier alpha value is -1.26. The van der Waals surface area contributed by atoms with Crippen molar-refractivity contribution in [2.45, 2.75) is 13.3 Å². The Morgan fingerprint density at radius 1 is 1.20 bits per heavy atom. The molecule has 112 valence electrons. The van der Waals surface area contributed by atoms with Crippen molar-refractivity contribution in [3.63, 3.8) is 0 Å². The molecule has 1 unspecified atom stereocenters. The van der Waals surface area contributed by atoms with Gasteiger partial charge in [0.2, 0.25) is 0 Å². The molecule has 1 heterocycles. The zero-order valence-corrected chi connectivity index (χ0v) is 12.7. The van der Waals surface area contributed by atoms with E-state index in [1.807, 2.05) is 12.1 Å². The van der Waals surface area contributed by atoms with Crippen molar-refractivity contribution >= 4 is 5.69 Å². The van der Waals surface area contributed by atoms with Gasteiger partial charge < -0.3 is 15.4 Å². The van der Waals surface area contributed by atoms with E-state index in [0.717, 1.165) is 45.0 Å². The first-order valence-electron chi connectivity index (χ1n) is 7.58. The Kier molecular flexibility index (Phi) is 5.68. The van der Waals surface area contributed by atoms with Gasteiger partial charge in [0.05, 0.1) is 12.8 Å². The molecule has 0 spiro atoms. The molecule has 0 amide bonds. The summed E-state index contributed by atoms with van der Waals surface area (Å²) in [6.45, 7) is 8.48. The standard InChI is InChI=1S/C16H27N3O/c1-3-14(12-17)13-18-8-10-19(11-9-18)15-6-4-5-7-16(15)20-2/h4-7,14H,3,8-13,17H2,1-2H3. The number of nitrogens with two attached hydrogens (primary N) is 1. The third-order valence-electron chi connectivity index (χ3n) is 4.23. The highest BCUT2D eigenvalue weighted by Gasteiger charge is 2.20. The second-order valence-corrected chi connectivity index (χ2v) is 5.47. The summed E-state index contributed by atoms with van der Waals surface area (Å²) < 4.78 is 5.45. The number of methoxy groups -OCH3 is 1. The largest absolute Gasteiger partial charge is 0.495 e. The molecular weight excluding hydrogens is 250 g/mol. The Balaban J connectivity index is 1.91. The van der Waals surface area contributed by atoms with Gasteiger partial charge in [-0.3, -0.25) is 4.90 Å². The van der Waals surface area contributed by atoms with Gasteiger partial charge in [-0.2, -0.15) is 0 Å². The lowest BCUT2D eigenvalue weighted by Crippen LogP contribution is -2.48. The minimum atomic E-state index is 0.632. The zero-order chi connectivity index (χ0) is 14.4. The van der Waals surface area contributed by atoms with Crippen LogP contribution in [-0.2, 0) is 0 Å². The van der Waals surface area contributed by atoms with E-state index in [1.165, 1.54) is 12.1 Å². The van der Waals surface area contributed by atoms with Crippen LogP contribution in [0, 0.1) is 5.92 Å². The van der Waals surface area contributed by atoms with Crippen molar-refractivity contribution in [2.24, 2.45) is 11.7 Å². The zero-order valence-electron chi connectivity index (χ0n) is 12.7. The van der Waals surface area contributed by atoms with Crippen molar-refractivity contribution in [2.75, 3.05) is 51.3 Å². The van der Waals surface area contributed by atoms with E-state index in [0.29, 0.717) is 5.92 Å².